The highest BCUT2D eigenvalue weighted by Gasteiger charge is 2.07. The average Bonchev–Trinajstić information content (AvgIpc) is 2.64. The van der Waals surface area contributed by atoms with Gasteiger partial charge in [0.25, 0.3) is 5.91 Å². The molecule has 0 saturated carbocycles. The lowest BCUT2D eigenvalue weighted by Gasteiger charge is -2.07. The van der Waals surface area contributed by atoms with Crippen LogP contribution in [0.15, 0.2) is 60.7 Å². The van der Waals surface area contributed by atoms with E-state index < -0.39 is 0 Å². The summed E-state index contributed by atoms with van der Waals surface area (Å²) in [6.07, 6.45) is 0. The fourth-order valence-corrected chi connectivity index (χ4v) is 2.23. The van der Waals surface area contributed by atoms with Gasteiger partial charge in [0.05, 0.1) is 12.3 Å². The highest BCUT2D eigenvalue weighted by Crippen LogP contribution is 2.20. The molecule has 6 heteroatoms. The number of amides is 1. The van der Waals surface area contributed by atoms with Crippen LogP contribution in [0.5, 0.6) is 5.88 Å². The average molecular weight is 337 g/mol. The Hall–Kier alpha value is -3.28. The van der Waals surface area contributed by atoms with Crippen molar-refractivity contribution in [3.8, 4) is 17.1 Å². The van der Waals surface area contributed by atoms with Crippen molar-refractivity contribution in [2.75, 3.05) is 11.9 Å². The third-order valence-corrected chi connectivity index (χ3v) is 3.48. The van der Waals surface area contributed by atoms with Crippen LogP contribution in [-0.2, 0) is 0 Å². The predicted molar refractivity (Wildman–Crippen MR) is 93.0 cm³/mol. The molecule has 0 aliphatic carbocycles. The lowest BCUT2D eigenvalue weighted by atomic mass is 10.1. The Labute approximate surface area is 144 Å². The van der Waals surface area contributed by atoms with Gasteiger partial charge < -0.3 is 10.1 Å². The van der Waals surface area contributed by atoms with Gasteiger partial charge in [-0.3, -0.25) is 4.79 Å². The zero-order valence-corrected chi connectivity index (χ0v) is 13.6. The SMILES string of the molecule is CCOc1ccc(-c2ccc(NC(=O)c3ccc(F)cc3)cc2)nn1. The monoisotopic (exact) mass is 337 g/mol. The second-order valence-electron chi connectivity index (χ2n) is 5.23. The molecule has 3 rings (SSSR count). The Morgan fingerprint density at radius 1 is 1.00 bits per heavy atom. The van der Waals surface area contributed by atoms with Crippen molar-refractivity contribution in [3.63, 3.8) is 0 Å². The molecule has 0 radical (unpaired) electrons. The Bertz CT molecular complexity index is 847. The van der Waals surface area contributed by atoms with Gasteiger partial charge in [0.1, 0.15) is 5.82 Å². The molecule has 126 valence electrons. The van der Waals surface area contributed by atoms with Crippen LogP contribution in [-0.4, -0.2) is 22.7 Å². The third kappa shape index (κ3) is 4.17. The van der Waals surface area contributed by atoms with E-state index in [-0.39, 0.29) is 11.7 Å². The number of hydrogen-bond acceptors (Lipinski definition) is 4. The molecule has 0 unspecified atom stereocenters. The minimum absolute atomic E-state index is 0.298. The summed E-state index contributed by atoms with van der Waals surface area (Å²) in [6.45, 7) is 2.42. The molecule has 1 aromatic heterocycles. The van der Waals surface area contributed by atoms with Crippen molar-refractivity contribution < 1.29 is 13.9 Å². The van der Waals surface area contributed by atoms with E-state index >= 15 is 0 Å². The van der Waals surface area contributed by atoms with Gasteiger partial charge in [0.2, 0.25) is 5.88 Å². The lowest BCUT2D eigenvalue weighted by molar-refractivity contribution is 0.102. The van der Waals surface area contributed by atoms with Crippen LogP contribution in [0.1, 0.15) is 17.3 Å². The minimum Gasteiger partial charge on any atom is -0.477 e. The summed E-state index contributed by atoms with van der Waals surface area (Å²) < 4.78 is 18.2. The molecule has 0 aliphatic heterocycles. The molecule has 25 heavy (non-hydrogen) atoms. The molecule has 1 heterocycles. The van der Waals surface area contributed by atoms with Gasteiger partial charge in [-0.25, -0.2) is 4.39 Å². The predicted octanol–water partition coefficient (Wildman–Crippen LogP) is 3.93. The van der Waals surface area contributed by atoms with E-state index in [4.69, 9.17) is 4.74 Å². The number of hydrogen-bond donors (Lipinski definition) is 1. The first-order valence-corrected chi connectivity index (χ1v) is 7.79. The number of carbonyl (C=O) groups is 1. The van der Waals surface area contributed by atoms with E-state index in [1.165, 1.54) is 24.3 Å². The highest BCUT2D eigenvalue weighted by molar-refractivity contribution is 6.04. The molecule has 5 nitrogen and oxygen atoms in total. The van der Waals surface area contributed by atoms with E-state index in [0.29, 0.717) is 29.4 Å². The molecule has 0 aliphatic rings. The number of nitrogens with one attached hydrogen (secondary N) is 1. The summed E-state index contributed by atoms with van der Waals surface area (Å²) in [4.78, 5) is 12.1. The second-order valence-corrected chi connectivity index (χ2v) is 5.23. The smallest absolute Gasteiger partial charge is 0.255 e. The number of benzene rings is 2. The number of ether oxygens (including phenoxy) is 1. The first-order valence-electron chi connectivity index (χ1n) is 7.79. The minimum atomic E-state index is -0.377. The first kappa shape index (κ1) is 16.6. The molecule has 0 fully saturated rings. The molecule has 0 bridgehead atoms. The molecule has 1 N–H and O–H groups in total. The quantitative estimate of drug-likeness (QED) is 0.766. The van der Waals surface area contributed by atoms with Crippen LogP contribution in [0.4, 0.5) is 10.1 Å². The molecule has 3 aromatic rings. The van der Waals surface area contributed by atoms with Gasteiger partial charge in [-0.05, 0) is 49.4 Å². The maximum atomic E-state index is 12.9. The second kappa shape index (κ2) is 7.53. The fourth-order valence-electron chi connectivity index (χ4n) is 2.23. The van der Waals surface area contributed by atoms with Crippen LogP contribution in [0.25, 0.3) is 11.3 Å². The van der Waals surface area contributed by atoms with Crippen LogP contribution in [0, 0.1) is 5.82 Å². The van der Waals surface area contributed by atoms with Crippen molar-refractivity contribution in [2.45, 2.75) is 6.92 Å². The number of aromatic nitrogens is 2. The van der Waals surface area contributed by atoms with Crippen LogP contribution in [0.3, 0.4) is 0 Å². The standard InChI is InChI=1S/C19H16FN3O2/c1-2-25-18-12-11-17(22-23-18)13-5-9-16(10-6-13)21-19(24)14-3-7-15(20)8-4-14/h3-12H,2H2,1H3,(H,21,24). The van der Waals surface area contributed by atoms with E-state index in [2.05, 4.69) is 15.5 Å². The summed E-state index contributed by atoms with van der Waals surface area (Å²) in [5.41, 5.74) is 2.61. The summed E-state index contributed by atoms with van der Waals surface area (Å²) >= 11 is 0. The normalized spacial score (nSPS) is 10.3. The van der Waals surface area contributed by atoms with Crippen molar-refractivity contribution in [2.24, 2.45) is 0 Å². The van der Waals surface area contributed by atoms with Gasteiger partial charge in [-0.15, -0.1) is 10.2 Å². The van der Waals surface area contributed by atoms with Crippen LogP contribution in [0.2, 0.25) is 0 Å². The topological polar surface area (TPSA) is 64.1 Å². The molecular formula is C19H16FN3O2. The molecule has 1 amide bonds. The Morgan fingerprint density at radius 2 is 1.72 bits per heavy atom. The van der Waals surface area contributed by atoms with E-state index in [0.717, 1.165) is 5.56 Å². The molecule has 0 saturated heterocycles. The van der Waals surface area contributed by atoms with Crippen molar-refractivity contribution in [3.05, 3.63) is 72.0 Å². The molecular weight excluding hydrogens is 321 g/mol. The highest BCUT2D eigenvalue weighted by atomic mass is 19.1. The zero-order valence-electron chi connectivity index (χ0n) is 13.6. The van der Waals surface area contributed by atoms with E-state index in [1.54, 1.807) is 18.2 Å². The van der Waals surface area contributed by atoms with Gasteiger partial charge >= 0.3 is 0 Å². The van der Waals surface area contributed by atoms with Gasteiger partial charge in [0.15, 0.2) is 0 Å². The van der Waals surface area contributed by atoms with Crippen LogP contribution >= 0.6 is 0 Å². The van der Waals surface area contributed by atoms with Crippen molar-refractivity contribution in [1.29, 1.82) is 0 Å². The number of anilines is 1. The first-order chi connectivity index (χ1) is 12.2. The van der Waals surface area contributed by atoms with Crippen molar-refractivity contribution in [1.82, 2.24) is 10.2 Å². The van der Waals surface area contributed by atoms with Gasteiger partial charge in [-0.2, -0.15) is 0 Å². The maximum Gasteiger partial charge on any atom is 0.255 e. The van der Waals surface area contributed by atoms with Gasteiger partial charge in [-0.1, -0.05) is 12.1 Å². The summed E-state index contributed by atoms with van der Waals surface area (Å²) in [5, 5.41) is 10.9. The Kier molecular flexibility index (Phi) is 4.99. The van der Waals surface area contributed by atoms with Gasteiger partial charge in [0, 0.05) is 22.9 Å². The fraction of sp³-hybridized carbons (Fsp3) is 0.105. The Balaban J connectivity index is 1.69. The third-order valence-electron chi connectivity index (χ3n) is 3.48. The van der Waals surface area contributed by atoms with Crippen LogP contribution < -0.4 is 10.1 Å². The zero-order chi connectivity index (χ0) is 17.6. The van der Waals surface area contributed by atoms with E-state index in [1.807, 2.05) is 25.1 Å². The Morgan fingerprint density at radius 3 is 2.32 bits per heavy atom. The summed E-state index contributed by atoms with van der Waals surface area (Å²) in [6, 6.07) is 16.2. The van der Waals surface area contributed by atoms with Crippen molar-refractivity contribution >= 4 is 11.6 Å². The summed E-state index contributed by atoms with van der Waals surface area (Å²) in [7, 11) is 0. The number of nitrogens with zero attached hydrogens (tertiary/aromatic N) is 2. The number of carbonyl (C=O) groups excluding carboxylic acids is 1. The number of halogens is 1. The van der Waals surface area contributed by atoms with E-state index in [9.17, 15) is 9.18 Å². The largest absolute Gasteiger partial charge is 0.477 e. The molecule has 0 atom stereocenters. The lowest BCUT2D eigenvalue weighted by Crippen LogP contribution is -2.11. The maximum absolute atomic E-state index is 12.9. The number of rotatable bonds is 5. The summed E-state index contributed by atoms with van der Waals surface area (Å²) in [5.74, 6) is -0.194. The molecule has 0 spiro atoms. The molecule has 2 aromatic carbocycles.